The lowest BCUT2D eigenvalue weighted by Crippen LogP contribution is -2.28. The van der Waals surface area contributed by atoms with Gasteiger partial charge in [0.2, 0.25) is 10.0 Å². The first-order valence-corrected chi connectivity index (χ1v) is 10.3. The van der Waals surface area contributed by atoms with Crippen LogP contribution in [0.5, 0.6) is 11.5 Å². The molecule has 0 radical (unpaired) electrons. The van der Waals surface area contributed by atoms with E-state index in [2.05, 4.69) is 4.72 Å². The molecule has 0 fully saturated rings. The van der Waals surface area contributed by atoms with E-state index in [0.717, 1.165) is 16.9 Å². The van der Waals surface area contributed by atoms with Gasteiger partial charge in [0.1, 0.15) is 18.1 Å². The molecule has 0 bridgehead atoms. The van der Waals surface area contributed by atoms with Crippen molar-refractivity contribution in [1.29, 1.82) is 0 Å². The van der Waals surface area contributed by atoms with Crippen molar-refractivity contribution in [2.75, 3.05) is 27.4 Å². The molecule has 1 atom stereocenters. The monoisotopic (exact) mass is 393 g/mol. The second-order valence-electron chi connectivity index (χ2n) is 6.12. The highest BCUT2D eigenvalue weighted by atomic mass is 32.2. The number of hydrogen-bond acceptors (Lipinski definition) is 5. The molecule has 0 aromatic heterocycles. The molecule has 6 nitrogen and oxygen atoms in total. The largest absolute Gasteiger partial charge is 0.497 e. The van der Waals surface area contributed by atoms with Crippen molar-refractivity contribution < 1.29 is 22.6 Å². The molecule has 7 heteroatoms. The summed E-state index contributed by atoms with van der Waals surface area (Å²) >= 11 is 0. The van der Waals surface area contributed by atoms with E-state index in [1.54, 1.807) is 32.4 Å². The van der Waals surface area contributed by atoms with Crippen molar-refractivity contribution in [3.63, 3.8) is 0 Å². The van der Waals surface area contributed by atoms with Crippen LogP contribution in [0, 0.1) is 6.92 Å². The fourth-order valence-corrected chi connectivity index (χ4v) is 4.06. The summed E-state index contributed by atoms with van der Waals surface area (Å²) in [6, 6.07) is 11.9. The lowest BCUT2D eigenvalue weighted by Gasteiger charge is -2.18. The molecule has 0 aliphatic rings. The van der Waals surface area contributed by atoms with Gasteiger partial charge in [0.15, 0.2) is 0 Å². The second kappa shape index (κ2) is 9.73. The molecule has 2 aromatic carbocycles. The number of rotatable bonds is 10. The molecule has 27 heavy (non-hydrogen) atoms. The summed E-state index contributed by atoms with van der Waals surface area (Å²) in [5.74, 6) is 1.38. The SMILES string of the molecule is CCC(NS(=O)(=O)c1ccc(OCCOC)c(C)c1)c1ccc(OC)cc1. The van der Waals surface area contributed by atoms with Crippen molar-refractivity contribution in [2.45, 2.75) is 31.2 Å². The second-order valence-corrected chi connectivity index (χ2v) is 7.84. The van der Waals surface area contributed by atoms with E-state index >= 15 is 0 Å². The predicted octanol–water partition coefficient (Wildman–Crippen LogP) is 3.46. The average Bonchev–Trinajstić information content (AvgIpc) is 2.67. The first-order valence-electron chi connectivity index (χ1n) is 8.80. The summed E-state index contributed by atoms with van der Waals surface area (Å²) in [4.78, 5) is 0.214. The van der Waals surface area contributed by atoms with Crippen LogP contribution in [0.1, 0.15) is 30.5 Å². The Morgan fingerprint density at radius 1 is 1.04 bits per heavy atom. The Kier molecular flexibility index (Phi) is 7.65. The fourth-order valence-electron chi connectivity index (χ4n) is 2.66. The predicted molar refractivity (Wildman–Crippen MR) is 105 cm³/mol. The summed E-state index contributed by atoms with van der Waals surface area (Å²) in [5.41, 5.74) is 1.64. The van der Waals surface area contributed by atoms with Gasteiger partial charge in [0.25, 0.3) is 0 Å². The molecule has 2 aromatic rings. The van der Waals surface area contributed by atoms with Crippen LogP contribution in [-0.2, 0) is 14.8 Å². The summed E-state index contributed by atoms with van der Waals surface area (Å²) in [7, 11) is -0.462. The van der Waals surface area contributed by atoms with Gasteiger partial charge >= 0.3 is 0 Å². The molecule has 0 heterocycles. The van der Waals surface area contributed by atoms with Gasteiger partial charge in [-0.2, -0.15) is 0 Å². The van der Waals surface area contributed by atoms with Gasteiger partial charge in [-0.05, 0) is 54.8 Å². The van der Waals surface area contributed by atoms with Crippen molar-refractivity contribution >= 4 is 10.0 Å². The van der Waals surface area contributed by atoms with E-state index in [9.17, 15) is 8.42 Å². The molecule has 1 unspecified atom stereocenters. The van der Waals surface area contributed by atoms with E-state index in [1.807, 2.05) is 38.1 Å². The quantitative estimate of drug-likeness (QED) is 0.626. The molecule has 0 aliphatic heterocycles. The third-order valence-corrected chi connectivity index (χ3v) is 5.69. The zero-order valence-corrected chi connectivity index (χ0v) is 17.0. The molecule has 1 N–H and O–H groups in total. The van der Waals surface area contributed by atoms with E-state index < -0.39 is 10.0 Å². The maximum atomic E-state index is 12.8. The smallest absolute Gasteiger partial charge is 0.241 e. The number of benzene rings is 2. The first kappa shape index (κ1) is 21.2. The number of ether oxygens (including phenoxy) is 3. The van der Waals surface area contributed by atoms with Crippen LogP contribution in [-0.4, -0.2) is 35.9 Å². The summed E-state index contributed by atoms with van der Waals surface area (Å²) < 4.78 is 44.1. The molecule has 0 spiro atoms. The maximum absolute atomic E-state index is 12.8. The lowest BCUT2D eigenvalue weighted by atomic mass is 10.1. The minimum Gasteiger partial charge on any atom is -0.497 e. The Labute approximate surface area is 161 Å². The fraction of sp³-hybridized carbons (Fsp3) is 0.400. The Balaban J connectivity index is 2.17. The molecular weight excluding hydrogens is 366 g/mol. The highest BCUT2D eigenvalue weighted by molar-refractivity contribution is 7.89. The first-order chi connectivity index (χ1) is 12.9. The molecule has 0 saturated carbocycles. The zero-order chi connectivity index (χ0) is 19.9. The molecule has 2 rings (SSSR count). The average molecular weight is 394 g/mol. The number of nitrogens with one attached hydrogen (secondary N) is 1. The van der Waals surface area contributed by atoms with E-state index in [4.69, 9.17) is 14.2 Å². The standard InChI is InChI=1S/C20H27NO5S/c1-5-19(16-6-8-17(25-4)9-7-16)21-27(22,23)18-10-11-20(15(2)14-18)26-13-12-24-3/h6-11,14,19,21H,5,12-13H2,1-4H3. The highest BCUT2D eigenvalue weighted by Crippen LogP contribution is 2.25. The van der Waals surface area contributed by atoms with Crippen LogP contribution in [0.2, 0.25) is 0 Å². The van der Waals surface area contributed by atoms with E-state index in [0.29, 0.717) is 25.4 Å². The number of aryl methyl sites for hydroxylation is 1. The van der Waals surface area contributed by atoms with Crippen LogP contribution < -0.4 is 14.2 Å². The van der Waals surface area contributed by atoms with Crippen molar-refractivity contribution in [1.82, 2.24) is 4.72 Å². The lowest BCUT2D eigenvalue weighted by molar-refractivity contribution is 0.146. The van der Waals surface area contributed by atoms with Crippen LogP contribution >= 0.6 is 0 Å². The van der Waals surface area contributed by atoms with Crippen LogP contribution in [0.3, 0.4) is 0 Å². The van der Waals surface area contributed by atoms with Gasteiger partial charge < -0.3 is 14.2 Å². The number of sulfonamides is 1. The Morgan fingerprint density at radius 2 is 1.74 bits per heavy atom. The maximum Gasteiger partial charge on any atom is 0.241 e. The van der Waals surface area contributed by atoms with Gasteiger partial charge in [-0.3, -0.25) is 0 Å². The minimum atomic E-state index is -3.66. The minimum absolute atomic E-state index is 0.214. The number of hydrogen-bond donors (Lipinski definition) is 1. The van der Waals surface area contributed by atoms with Crippen molar-refractivity contribution in [3.05, 3.63) is 53.6 Å². The van der Waals surface area contributed by atoms with Gasteiger partial charge in [-0.25, -0.2) is 13.1 Å². The molecule has 0 aliphatic carbocycles. The molecule has 148 valence electrons. The number of methoxy groups -OCH3 is 2. The topological polar surface area (TPSA) is 73.9 Å². The van der Waals surface area contributed by atoms with Crippen molar-refractivity contribution in [2.24, 2.45) is 0 Å². The van der Waals surface area contributed by atoms with E-state index in [1.165, 1.54) is 0 Å². The normalized spacial score (nSPS) is 12.6. The van der Waals surface area contributed by atoms with Crippen LogP contribution in [0.4, 0.5) is 0 Å². The van der Waals surface area contributed by atoms with Crippen LogP contribution in [0.15, 0.2) is 47.4 Å². The van der Waals surface area contributed by atoms with Gasteiger partial charge in [0.05, 0.1) is 18.6 Å². The molecule has 0 saturated heterocycles. The molecule has 0 amide bonds. The van der Waals surface area contributed by atoms with Crippen LogP contribution in [0.25, 0.3) is 0 Å². The Morgan fingerprint density at radius 3 is 2.30 bits per heavy atom. The summed E-state index contributed by atoms with van der Waals surface area (Å²) in [6.07, 6.45) is 0.628. The third-order valence-electron chi connectivity index (χ3n) is 4.23. The van der Waals surface area contributed by atoms with Gasteiger partial charge in [-0.1, -0.05) is 19.1 Å². The Hall–Kier alpha value is -2.09. The van der Waals surface area contributed by atoms with Gasteiger partial charge in [0, 0.05) is 13.2 Å². The van der Waals surface area contributed by atoms with E-state index in [-0.39, 0.29) is 10.9 Å². The van der Waals surface area contributed by atoms with Crippen molar-refractivity contribution in [3.8, 4) is 11.5 Å². The molecular formula is C20H27NO5S. The summed E-state index contributed by atoms with van der Waals surface area (Å²) in [6.45, 7) is 4.65. The van der Waals surface area contributed by atoms with Gasteiger partial charge in [-0.15, -0.1) is 0 Å². The highest BCUT2D eigenvalue weighted by Gasteiger charge is 2.21. The zero-order valence-electron chi connectivity index (χ0n) is 16.2. The third kappa shape index (κ3) is 5.69. The Bertz CT molecular complexity index is 834. The summed E-state index contributed by atoms with van der Waals surface area (Å²) in [5, 5.41) is 0.